The Kier molecular flexibility index (Phi) is 5.06. The molecule has 1 aliphatic heterocycles. The van der Waals surface area contributed by atoms with Gasteiger partial charge in [0.15, 0.2) is 0 Å². The van der Waals surface area contributed by atoms with E-state index in [1.54, 1.807) is 0 Å². The zero-order valence-corrected chi connectivity index (χ0v) is 10.2. The van der Waals surface area contributed by atoms with Gasteiger partial charge in [-0.1, -0.05) is 29.0 Å². The topological polar surface area (TPSA) is 26.3 Å². The van der Waals surface area contributed by atoms with E-state index in [1.807, 2.05) is 6.92 Å². The van der Waals surface area contributed by atoms with Crippen LogP contribution in [-0.4, -0.2) is 16.0 Å². The molecule has 1 fully saturated rings. The molecular formula is C10H17IO2. The van der Waals surface area contributed by atoms with E-state index in [2.05, 4.69) is 22.6 Å². The number of alkyl halides is 1. The van der Waals surface area contributed by atoms with E-state index >= 15 is 0 Å². The molecule has 1 rings (SSSR count). The predicted octanol–water partition coefficient (Wildman–Crippen LogP) is 3.08. The van der Waals surface area contributed by atoms with Gasteiger partial charge in [0.1, 0.15) is 0 Å². The van der Waals surface area contributed by atoms with Crippen LogP contribution in [-0.2, 0) is 9.53 Å². The summed E-state index contributed by atoms with van der Waals surface area (Å²) in [7, 11) is 0. The predicted molar refractivity (Wildman–Crippen MR) is 61.1 cm³/mol. The summed E-state index contributed by atoms with van der Waals surface area (Å²) in [4.78, 5) is 11.2. The fourth-order valence-electron chi connectivity index (χ4n) is 1.54. The minimum absolute atomic E-state index is 0.0144. The lowest BCUT2D eigenvalue weighted by molar-refractivity contribution is -0.148. The smallest absolute Gasteiger partial charge is 0.306 e. The molecule has 2 nitrogen and oxygen atoms in total. The van der Waals surface area contributed by atoms with Crippen molar-refractivity contribution >= 4 is 28.6 Å². The first-order valence-electron chi connectivity index (χ1n) is 5.02. The molecule has 3 heteroatoms. The third kappa shape index (κ3) is 4.84. The van der Waals surface area contributed by atoms with Crippen molar-refractivity contribution in [3.05, 3.63) is 0 Å². The molecule has 1 heterocycles. The van der Waals surface area contributed by atoms with Gasteiger partial charge >= 0.3 is 5.97 Å². The number of hydrogen-bond acceptors (Lipinski definition) is 2. The van der Waals surface area contributed by atoms with Gasteiger partial charge in [0, 0.05) is 10.3 Å². The Balaban J connectivity index is 2.37. The number of halogens is 1. The van der Waals surface area contributed by atoms with Crippen LogP contribution in [0.25, 0.3) is 0 Å². The van der Waals surface area contributed by atoms with Gasteiger partial charge in [-0.05, 0) is 32.6 Å². The Morgan fingerprint density at radius 2 is 2.08 bits per heavy atom. The highest BCUT2D eigenvalue weighted by Crippen LogP contribution is 2.20. The molecule has 1 saturated heterocycles. The quantitative estimate of drug-likeness (QED) is 0.390. The zero-order valence-electron chi connectivity index (χ0n) is 8.09. The van der Waals surface area contributed by atoms with Gasteiger partial charge in [-0.2, -0.15) is 0 Å². The molecule has 0 N–H and O–H groups in total. The maximum atomic E-state index is 11.2. The van der Waals surface area contributed by atoms with E-state index < -0.39 is 0 Å². The largest absolute Gasteiger partial charge is 0.463 e. The van der Waals surface area contributed by atoms with Gasteiger partial charge in [0.2, 0.25) is 0 Å². The van der Waals surface area contributed by atoms with Crippen LogP contribution >= 0.6 is 22.6 Å². The Labute approximate surface area is 93.6 Å². The molecule has 0 saturated carbocycles. The summed E-state index contributed by atoms with van der Waals surface area (Å²) < 4.78 is 5.99. The van der Waals surface area contributed by atoms with Crippen molar-refractivity contribution in [3.8, 4) is 0 Å². The van der Waals surface area contributed by atoms with Crippen molar-refractivity contribution < 1.29 is 9.53 Å². The molecule has 0 aliphatic carbocycles. The van der Waals surface area contributed by atoms with Crippen molar-refractivity contribution in [3.63, 3.8) is 0 Å². The highest BCUT2D eigenvalue weighted by atomic mass is 127. The first-order chi connectivity index (χ1) is 6.18. The van der Waals surface area contributed by atoms with E-state index in [9.17, 15) is 4.79 Å². The SMILES string of the molecule is CC1CCC(I)CCCCC(=O)O1. The molecule has 2 unspecified atom stereocenters. The minimum Gasteiger partial charge on any atom is -0.463 e. The summed E-state index contributed by atoms with van der Waals surface area (Å²) in [5.74, 6) is -0.0144. The van der Waals surface area contributed by atoms with E-state index in [0.717, 1.165) is 23.2 Å². The monoisotopic (exact) mass is 296 g/mol. The Hall–Kier alpha value is 0.200. The molecule has 76 valence electrons. The molecule has 13 heavy (non-hydrogen) atoms. The van der Waals surface area contributed by atoms with Gasteiger partial charge in [0.25, 0.3) is 0 Å². The maximum Gasteiger partial charge on any atom is 0.306 e. The van der Waals surface area contributed by atoms with Crippen LogP contribution in [0.4, 0.5) is 0 Å². The fraction of sp³-hybridized carbons (Fsp3) is 0.900. The van der Waals surface area contributed by atoms with Gasteiger partial charge in [0.05, 0.1) is 6.10 Å². The second-order valence-electron chi connectivity index (χ2n) is 3.72. The van der Waals surface area contributed by atoms with Crippen molar-refractivity contribution in [2.75, 3.05) is 0 Å². The van der Waals surface area contributed by atoms with Gasteiger partial charge in [-0.3, -0.25) is 4.79 Å². The van der Waals surface area contributed by atoms with Gasteiger partial charge in [-0.15, -0.1) is 0 Å². The molecule has 0 aromatic carbocycles. The summed E-state index contributed by atoms with van der Waals surface area (Å²) in [6.07, 6.45) is 6.31. The first kappa shape index (κ1) is 11.3. The Morgan fingerprint density at radius 3 is 2.85 bits per heavy atom. The first-order valence-corrected chi connectivity index (χ1v) is 6.26. The van der Waals surface area contributed by atoms with E-state index in [1.165, 1.54) is 12.8 Å². The van der Waals surface area contributed by atoms with Crippen LogP contribution in [0.2, 0.25) is 0 Å². The number of esters is 1. The molecule has 0 aromatic heterocycles. The number of carbonyl (C=O) groups excluding carboxylic acids is 1. The van der Waals surface area contributed by atoms with Crippen LogP contribution in [0.15, 0.2) is 0 Å². The van der Waals surface area contributed by atoms with E-state index in [0.29, 0.717) is 6.42 Å². The third-order valence-electron chi connectivity index (χ3n) is 2.37. The number of carbonyl (C=O) groups is 1. The van der Waals surface area contributed by atoms with Crippen LogP contribution in [0.3, 0.4) is 0 Å². The molecule has 2 atom stereocenters. The third-order valence-corrected chi connectivity index (χ3v) is 3.61. The number of rotatable bonds is 0. The summed E-state index contributed by atoms with van der Waals surface area (Å²) in [5, 5.41) is 0. The molecule has 0 aromatic rings. The molecule has 0 bridgehead atoms. The molecule has 0 spiro atoms. The standard InChI is InChI=1S/C10H17IO2/c1-8-6-7-9(11)4-2-3-5-10(12)13-8/h8-9H,2-7H2,1H3. The number of ether oxygens (including phenoxy) is 1. The molecule has 1 aliphatic rings. The lowest BCUT2D eigenvalue weighted by Crippen LogP contribution is -2.17. The average Bonchev–Trinajstić information content (AvgIpc) is 2.08. The summed E-state index contributed by atoms with van der Waals surface area (Å²) in [6, 6.07) is 0. The maximum absolute atomic E-state index is 11.2. The second kappa shape index (κ2) is 5.83. The number of cyclic esters (lactones) is 1. The van der Waals surface area contributed by atoms with E-state index in [4.69, 9.17) is 4.74 Å². The van der Waals surface area contributed by atoms with Crippen LogP contribution < -0.4 is 0 Å². The molecule has 0 radical (unpaired) electrons. The summed E-state index contributed by atoms with van der Waals surface area (Å²) in [6.45, 7) is 1.99. The lowest BCUT2D eigenvalue weighted by Gasteiger charge is -2.17. The van der Waals surface area contributed by atoms with Crippen LogP contribution in [0.1, 0.15) is 45.4 Å². The normalized spacial score (nSPS) is 32.3. The molecular weight excluding hydrogens is 279 g/mol. The summed E-state index contributed by atoms with van der Waals surface area (Å²) >= 11 is 2.50. The minimum atomic E-state index is -0.0144. The Bertz CT molecular complexity index is 170. The van der Waals surface area contributed by atoms with E-state index in [-0.39, 0.29) is 12.1 Å². The van der Waals surface area contributed by atoms with Crippen molar-refractivity contribution in [2.45, 2.75) is 55.5 Å². The Morgan fingerprint density at radius 1 is 1.31 bits per heavy atom. The van der Waals surface area contributed by atoms with Crippen LogP contribution in [0.5, 0.6) is 0 Å². The van der Waals surface area contributed by atoms with Gasteiger partial charge in [-0.25, -0.2) is 0 Å². The average molecular weight is 296 g/mol. The zero-order chi connectivity index (χ0) is 9.68. The summed E-state index contributed by atoms with van der Waals surface area (Å²) in [5.41, 5.74) is 0. The fourth-order valence-corrected chi connectivity index (χ4v) is 2.34. The van der Waals surface area contributed by atoms with Crippen molar-refractivity contribution in [1.82, 2.24) is 0 Å². The van der Waals surface area contributed by atoms with Crippen LogP contribution in [0, 0.1) is 0 Å². The number of hydrogen-bond donors (Lipinski definition) is 0. The van der Waals surface area contributed by atoms with Crippen molar-refractivity contribution in [2.24, 2.45) is 0 Å². The lowest BCUT2D eigenvalue weighted by atomic mass is 10.1. The molecule has 0 amide bonds. The second-order valence-corrected chi connectivity index (χ2v) is 5.48. The van der Waals surface area contributed by atoms with Crippen molar-refractivity contribution in [1.29, 1.82) is 0 Å². The highest BCUT2D eigenvalue weighted by molar-refractivity contribution is 14.1. The van der Waals surface area contributed by atoms with Gasteiger partial charge < -0.3 is 4.74 Å². The highest BCUT2D eigenvalue weighted by Gasteiger charge is 2.14.